The third-order valence-electron chi connectivity index (χ3n) is 6.62. The van der Waals surface area contributed by atoms with E-state index in [0.717, 1.165) is 18.5 Å². The fourth-order valence-electron chi connectivity index (χ4n) is 5.01. The summed E-state index contributed by atoms with van der Waals surface area (Å²) in [6.07, 6.45) is 0.786. The van der Waals surface area contributed by atoms with Gasteiger partial charge in [-0.3, -0.25) is 14.4 Å². The molecule has 1 fully saturated rings. The van der Waals surface area contributed by atoms with E-state index in [4.69, 9.17) is 28.0 Å². The molecule has 5 rings (SSSR count). The SMILES string of the molecule is O=C(NOCc1ccccc1)[C@@H]1c2ccccc2C(=O)N([C@@H]2CCNC2)[C@H]1c1ccc(Cl)cc1Cl. The minimum atomic E-state index is -0.723. The summed E-state index contributed by atoms with van der Waals surface area (Å²) in [6.45, 7) is 1.67. The second-order valence-corrected chi connectivity index (χ2v) is 9.62. The fourth-order valence-corrected chi connectivity index (χ4v) is 5.53. The standard InChI is InChI=1S/C27H25Cl2N3O3/c28-18-10-11-22(23(29)14-18)25-24(26(33)31-35-16-17-6-2-1-3-7-17)20-8-4-5-9-21(20)27(34)32(25)19-12-13-30-15-19/h1-11,14,19,24-25,30H,12-13,15-16H2,(H,31,33)/t19-,24-,25+/m1/s1. The molecule has 2 amide bonds. The van der Waals surface area contributed by atoms with Crippen molar-refractivity contribution in [3.8, 4) is 0 Å². The quantitative estimate of drug-likeness (QED) is 0.464. The molecular weight excluding hydrogens is 485 g/mol. The highest BCUT2D eigenvalue weighted by atomic mass is 35.5. The van der Waals surface area contributed by atoms with Gasteiger partial charge in [-0.2, -0.15) is 0 Å². The van der Waals surface area contributed by atoms with Crippen LogP contribution in [0.2, 0.25) is 10.0 Å². The van der Waals surface area contributed by atoms with E-state index < -0.39 is 12.0 Å². The van der Waals surface area contributed by atoms with Crippen molar-refractivity contribution in [2.45, 2.75) is 31.0 Å². The first-order chi connectivity index (χ1) is 17.0. The number of nitrogens with zero attached hydrogens (tertiary/aromatic N) is 1. The summed E-state index contributed by atoms with van der Waals surface area (Å²) in [4.78, 5) is 34.9. The number of nitrogens with one attached hydrogen (secondary N) is 2. The monoisotopic (exact) mass is 509 g/mol. The van der Waals surface area contributed by atoms with Gasteiger partial charge in [0.1, 0.15) is 0 Å². The van der Waals surface area contributed by atoms with Crippen molar-refractivity contribution >= 4 is 35.0 Å². The number of benzene rings is 3. The highest BCUT2D eigenvalue weighted by molar-refractivity contribution is 6.35. The third-order valence-corrected chi connectivity index (χ3v) is 7.18. The number of hydroxylamine groups is 1. The minimum absolute atomic E-state index is 0.0758. The van der Waals surface area contributed by atoms with Crippen LogP contribution >= 0.6 is 23.2 Å². The maximum atomic E-state index is 13.8. The molecule has 180 valence electrons. The molecule has 3 atom stereocenters. The lowest BCUT2D eigenvalue weighted by Crippen LogP contribution is -2.52. The number of hydrogen-bond donors (Lipinski definition) is 2. The Labute approximate surface area is 214 Å². The molecule has 0 unspecified atom stereocenters. The van der Waals surface area contributed by atoms with Crippen LogP contribution in [0.15, 0.2) is 72.8 Å². The molecule has 2 N–H and O–H groups in total. The van der Waals surface area contributed by atoms with Crippen molar-refractivity contribution in [3.05, 3.63) is 105 Å². The molecule has 6 nitrogen and oxygen atoms in total. The molecule has 3 aromatic carbocycles. The van der Waals surface area contributed by atoms with Crippen LogP contribution in [0, 0.1) is 0 Å². The molecule has 8 heteroatoms. The molecule has 3 aromatic rings. The second-order valence-electron chi connectivity index (χ2n) is 8.78. The summed E-state index contributed by atoms with van der Waals surface area (Å²) in [5.74, 6) is -1.17. The number of carbonyl (C=O) groups is 2. The third kappa shape index (κ3) is 4.80. The van der Waals surface area contributed by atoms with Crippen LogP contribution in [0.25, 0.3) is 0 Å². The lowest BCUT2D eigenvalue weighted by Gasteiger charge is -2.44. The van der Waals surface area contributed by atoms with Crippen molar-refractivity contribution < 1.29 is 14.4 Å². The van der Waals surface area contributed by atoms with Crippen molar-refractivity contribution in [1.82, 2.24) is 15.7 Å². The molecule has 0 aliphatic carbocycles. The predicted molar refractivity (Wildman–Crippen MR) is 135 cm³/mol. The Morgan fingerprint density at radius 1 is 1.03 bits per heavy atom. The lowest BCUT2D eigenvalue weighted by atomic mass is 9.78. The molecule has 2 aliphatic rings. The van der Waals surface area contributed by atoms with Gasteiger partial charge in [-0.25, -0.2) is 5.48 Å². The minimum Gasteiger partial charge on any atom is -0.326 e. The number of rotatable bonds is 6. The van der Waals surface area contributed by atoms with E-state index >= 15 is 0 Å². The second kappa shape index (κ2) is 10.4. The first-order valence-corrected chi connectivity index (χ1v) is 12.3. The number of hydrogen-bond acceptors (Lipinski definition) is 4. The van der Waals surface area contributed by atoms with E-state index in [-0.39, 0.29) is 24.5 Å². The Bertz CT molecular complexity index is 1230. The average Bonchev–Trinajstić information content (AvgIpc) is 3.39. The summed E-state index contributed by atoms with van der Waals surface area (Å²) in [5, 5.41) is 4.23. The number of halogens is 2. The number of fused-ring (bicyclic) bond motifs is 1. The van der Waals surface area contributed by atoms with Crippen LogP contribution in [0.5, 0.6) is 0 Å². The van der Waals surface area contributed by atoms with E-state index in [9.17, 15) is 9.59 Å². The van der Waals surface area contributed by atoms with E-state index in [0.29, 0.717) is 33.3 Å². The normalized spacial score (nSPS) is 21.6. The van der Waals surface area contributed by atoms with Crippen LogP contribution in [0.4, 0.5) is 0 Å². The van der Waals surface area contributed by atoms with Gasteiger partial charge in [0.2, 0.25) is 0 Å². The van der Waals surface area contributed by atoms with Gasteiger partial charge < -0.3 is 10.2 Å². The molecule has 2 heterocycles. The largest absolute Gasteiger partial charge is 0.326 e. The van der Waals surface area contributed by atoms with E-state index in [1.54, 1.807) is 24.3 Å². The fraction of sp³-hybridized carbons (Fsp3) is 0.259. The zero-order valence-corrected chi connectivity index (χ0v) is 20.4. The highest BCUT2D eigenvalue weighted by Crippen LogP contribution is 2.46. The van der Waals surface area contributed by atoms with Gasteiger partial charge in [-0.1, -0.05) is 77.8 Å². The van der Waals surface area contributed by atoms with Gasteiger partial charge in [-0.05, 0) is 47.9 Å². The maximum absolute atomic E-state index is 13.8. The summed E-state index contributed by atoms with van der Waals surface area (Å²) >= 11 is 12.8. The summed E-state index contributed by atoms with van der Waals surface area (Å²) < 4.78 is 0. The van der Waals surface area contributed by atoms with Gasteiger partial charge >= 0.3 is 0 Å². The van der Waals surface area contributed by atoms with Crippen molar-refractivity contribution in [3.63, 3.8) is 0 Å². The Morgan fingerprint density at radius 2 is 1.80 bits per heavy atom. The van der Waals surface area contributed by atoms with Gasteiger partial charge in [0.25, 0.3) is 11.8 Å². The maximum Gasteiger partial charge on any atom is 0.255 e. The zero-order chi connectivity index (χ0) is 24.4. The highest BCUT2D eigenvalue weighted by Gasteiger charge is 2.47. The van der Waals surface area contributed by atoms with Crippen LogP contribution in [0.1, 0.15) is 45.4 Å². The Hall–Kier alpha value is -2.90. The molecule has 0 aromatic heterocycles. The zero-order valence-electron chi connectivity index (χ0n) is 18.9. The Morgan fingerprint density at radius 3 is 2.54 bits per heavy atom. The van der Waals surface area contributed by atoms with Crippen LogP contribution in [0.3, 0.4) is 0 Å². The summed E-state index contributed by atoms with van der Waals surface area (Å²) in [5.41, 5.74) is 5.41. The number of amides is 2. The van der Waals surface area contributed by atoms with E-state index in [2.05, 4.69) is 10.8 Å². The molecule has 35 heavy (non-hydrogen) atoms. The van der Waals surface area contributed by atoms with Crippen LogP contribution < -0.4 is 10.8 Å². The van der Waals surface area contributed by atoms with E-state index in [1.165, 1.54) is 0 Å². The van der Waals surface area contributed by atoms with Gasteiger partial charge in [0.05, 0.1) is 18.6 Å². The van der Waals surface area contributed by atoms with Gasteiger partial charge in [0, 0.05) is 28.2 Å². The molecule has 0 bridgehead atoms. The van der Waals surface area contributed by atoms with Crippen LogP contribution in [-0.2, 0) is 16.2 Å². The molecule has 0 saturated carbocycles. The summed E-state index contributed by atoms with van der Waals surface area (Å²) in [7, 11) is 0. The van der Waals surface area contributed by atoms with Crippen molar-refractivity contribution in [2.75, 3.05) is 13.1 Å². The Kier molecular flexibility index (Phi) is 7.07. The topological polar surface area (TPSA) is 70.7 Å². The molecule has 0 radical (unpaired) electrons. The molecule has 0 spiro atoms. The van der Waals surface area contributed by atoms with Crippen molar-refractivity contribution in [2.24, 2.45) is 0 Å². The smallest absolute Gasteiger partial charge is 0.255 e. The lowest BCUT2D eigenvalue weighted by molar-refractivity contribution is -0.138. The Balaban J connectivity index is 1.55. The predicted octanol–water partition coefficient (Wildman–Crippen LogP) is 4.88. The number of carbonyl (C=O) groups excluding carboxylic acids is 2. The van der Waals surface area contributed by atoms with Gasteiger partial charge in [0.15, 0.2) is 0 Å². The van der Waals surface area contributed by atoms with Gasteiger partial charge in [-0.15, -0.1) is 0 Å². The van der Waals surface area contributed by atoms with Crippen LogP contribution in [-0.4, -0.2) is 35.8 Å². The average molecular weight is 510 g/mol. The van der Waals surface area contributed by atoms with E-state index in [1.807, 2.05) is 53.4 Å². The summed E-state index contributed by atoms with van der Waals surface area (Å²) in [6, 6.07) is 21.3. The van der Waals surface area contributed by atoms with Crippen molar-refractivity contribution in [1.29, 1.82) is 0 Å². The molecule has 1 saturated heterocycles. The molecule has 2 aliphatic heterocycles. The first kappa shape index (κ1) is 23.8. The first-order valence-electron chi connectivity index (χ1n) is 11.6. The molecular formula is C27H25Cl2N3O3.